The minimum atomic E-state index is -9.62. The van der Waals surface area contributed by atoms with Crippen molar-refractivity contribution in [2.24, 2.45) is 0 Å². The highest BCUT2D eigenvalue weighted by molar-refractivity contribution is 5.76. The van der Waals surface area contributed by atoms with Crippen molar-refractivity contribution in [2.45, 2.75) is 103 Å². The summed E-state index contributed by atoms with van der Waals surface area (Å²) in [4.78, 5) is 10.3. The van der Waals surface area contributed by atoms with E-state index in [-0.39, 0.29) is 0 Å². The minimum Gasteiger partial charge on any atom is -0.477 e. The van der Waals surface area contributed by atoms with Crippen LogP contribution in [-0.2, 0) is 28.5 Å². The van der Waals surface area contributed by atoms with Crippen molar-refractivity contribution in [3.05, 3.63) is 0 Å². The number of hydrogen-bond donors (Lipinski definition) is 1. The first-order valence-electron chi connectivity index (χ1n) is 12.1. The molecule has 42 heteroatoms. The van der Waals surface area contributed by atoms with E-state index in [1.54, 1.807) is 0 Å². The van der Waals surface area contributed by atoms with Crippen molar-refractivity contribution in [1.82, 2.24) is 0 Å². The van der Waals surface area contributed by atoms with Crippen molar-refractivity contribution in [3.63, 3.8) is 0 Å². The van der Waals surface area contributed by atoms with E-state index < -0.39 is 109 Å². The van der Waals surface area contributed by atoms with Crippen LogP contribution in [0, 0.1) is 0 Å². The van der Waals surface area contributed by atoms with E-state index in [0.29, 0.717) is 9.47 Å². The van der Waals surface area contributed by atoms with Crippen LogP contribution in [0.3, 0.4) is 0 Å². The summed E-state index contributed by atoms with van der Waals surface area (Å²) in [5.41, 5.74) is 0. The molecule has 0 fully saturated rings. The van der Waals surface area contributed by atoms with E-state index in [1.165, 1.54) is 4.74 Å². The fraction of sp³-hybridized carbons (Fsp3) is 0.944. The molecule has 0 saturated heterocycles. The molecule has 0 aromatic carbocycles. The zero-order valence-electron chi connectivity index (χ0n) is 25.1. The van der Waals surface area contributed by atoms with Gasteiger partial charge >= 0.3 is 109 Å². The minimum absolute atomic E-state index is 0.672. The van der Waals surface area contributed by atoms with E-state index in [2.05, 4.69) is 0 Å². The maximum absolute atomic E-state index is 14.6. The highest BCUT2D eigenvalue weighted by atomic mass is 19.5. The highest BCUT2D eigenvalue weighted by Gasteiger charge is 2.91. The van der Waals surface area contributed by atoms with Crippen molar-refractivity contribution in [2.75, 3.05) is 0 Å². The van der Waals surface area contributed by atoms with E-state index in [0.717, 1.165) is 9.47 Å². The van der Waals surface area contributed by atoms with Gasteiger partial charge in [-0.05, 0) is 0 Å². The molecule has 0 saturated carbocycles. The third-order valence-corrected chi connectivity index (χ3v) is 5.66. The van der Waals surface area contributed by atoms with Crippen LogP contribution in [0.25, 0.3) is 0 Å². The van der Waals surface area contributed by atoms with Gasteiger partial charge in [0.05, 0.1) is 0 Å². The number of aliphatic carboxylic acids is 1. The molecule has 60 heavy (non-hydrogen) atoms. The van der Waals surface area contributed by atoms with Crippen molar-refractivity contribution in [3.8, 4) is 0 Å². The van der Waals surface area contributed by atoms with Crippen LogP contribution < -0.4 is 0 Å². The SMILES string of the molecule is O=C(O)[C@@](F)(OC(F)(F)[C@@](F)(OC(F)(F)[C@@](F)(OC(F)(F)[C@@](F)(OC(F)(F)[C@@](F)(OC(F)(F)C(F)(F)C(F)(F)F)C(F)(F)F)C(F)(F)F)C(F)(F)F)C(F)(F)F)C(F)(F)F. The molecule has 0 aromatic rings. The molecular weight excluding hydrogens is 993 g/mol. The maximum Gasteiger partial charge on any atom is 0.462 e. The van der Waals surface area contributed by atoms with Gasteiger partial charge in [-0.2, -0.15) is 154 Å². The molecule has 7 nitrogen and oxygen atoms in total. The predicted octanol–water partition coefficient (Wildman–Crippen LogP) is 10.5. The van der Waals surface area contributed by atoms with Gasteiger partial charge < -0.3 is 5.11 Å². The summed E-state index contributed by atoms with van der Waals surface area (Å²) in [6.07, 6.45) is -98.3. The highest BCUT2D eigenvalue weighted by Crippen LogP contribution is 2.62. The molecule has 1 N–H and O–H groups in total. The second-order valence-corrected chi connectivity index (χ2v) is 9.94. The molecule has 0 radical (unpaired) electrons. The first-order valence-corrected chi connectivity index (χ1v) is 12.1. The Hall–Kier alpha value is -3.18. The van der Waals surface area contributed by atoms with Crippen molar-refractivity contribution < 1.29 is 187 Å². The Morgan fingerprint density at radius 2 is 0.450 bits per heavy atom. The summed E-state index contributed by atoms with van der Waals surface area (Å²) < 4.78 is 472. The number of alkyl halides is 35. The number of hydrogen-bond acceptors (Lipinski definition) is 6. The second kappa shape index (κ2) is 14.7. The van der Waals surface area contributed by atoms with E-state index >= 15 is 0 Å². The number of ether oxygens (including phenoxy) is 5. The predicted molar refractivity (Wildman–Crippen MR) is 98.3 cm³/mol. The van der Waals surface area contributed by atoms with Crippen LogP contribution in [0.1, 0.15) is 0 Å². The van der Waals surface area contributed by atoms with Crippen molar-refractivity contribution >= 4 is 5.97 Å². The Morgan fingerprint density at radius 3 is 0.600 bits per heavy atom. The topological polar surface area (TPSA) is 83.5 Å². The first-order chi connectivity index (χ1) is 25.2. The molecule has 0 aliphatic rings. The van der Waals surface area contributed by atoms with Gasteiger partial charge in [0.2, 0.25) is 0 Å². The molecular formula is C18HF35O7. The molecule has 0 aliphatic heterocycles. The summed E-state index contributed by atoms with van der Waals surface area (Å²) in [7, 11) is 0. The molecule has 0 aromatic heterocycles. The standard InChI is InChI=1S/C18HF35O7/c19-2(1(54)55,8(26,27)28)56-15(46,47)4(22,10(32,33)34)58-17(50,51)6(24,12(38,39)40)60-18(52,53)7(25,13(41,42)43)59-16(48,49)5(23,11(35,36)37)57-14(44,45)3(20,21)9(29,30)31/h(H,54,55)/t2-,4+,5+,6+,7+/m1/s1. The molecule has 0 unspecified atom stereocenters. The van der Waals surface area contributed by atoms with E-state index in [4.69, 9.17) is 5.11 Å². The Bertz CT molecular complexity index is 1540. The molecule has 0 bridgehead atoms. The Balaban J connectivity index is 8.02. The smallest absolute Gasteiger partial charge is 0.462 e. The summed E-state index contributed by atoms with van der Waals surface area (Å²) in [5.74, 6) is -58.6. The lowest BCUT2D eigenvalue weighted by Gasteiger charge is -2.44. The van der Waals surface area contributed by atoms with Gasteiger partial charge in [0, 0.05) is 0 Å². The van der Waals surface area contributed by atoms with Crippen LogP contribution in [0.15, 0.2) is 0 Å². The van der Waals surface area contributed by atoms with Crippen LogP contribution in [0.2, 0.25) is 0 Å². The van der Waals surface area contributed by atoms with Gasteiger partial charge in [0.1, 0.15) is 0 Å². The summed E-state index contributed by atoms with van der Waals surface area (Å²) in [6.45, 7) is 0. The summed E-state index contributed by atoms with van der Waals surface area (Å²) in [5, 5.41) is 7.98. The molecule has 0 aliphatic carbocycles. The summed E-state index contributed by atoms with van der Waals surface area (Å²) in [6, 6.07) is 0. The normalized spacial score (nSPS) is 20.7. The first kappa shape index (κ1) is 56.8. The number of rotatable bonds is 16. The zero-order valence-corrected chi connectivity index (χ0v) is 25.1. The van der Waals surface area contributed by atoms with Gasteiger partial charge in [-0.25, -0.2) is 4.79 Å². The Labute approximate surface area is 297 Å². The lowest BCUT2D eigenvalue weighted by molar-refractivity contribution is -0.600. The van der Waals surface area contributed by atoms with Gasteiger partial charge in [0.15, 0.2) is 0 Å². The van der Waals surface area contributed by atoms with Gasteiger partial charge in [-0.1, -0.05) is 0 Å². The van der Waals surface area contributed by atoms with E-state index in [1.807, 2.05) is 0 Å². The van der Waals surface area contributed by atoms with E-state index in [9.17, 15) is 158 Å². The Kier molecular flexibility index (Phi) is 13.9. The third kappa shape index (κ3) is 9.14. The number of carboxylic acids is 1. The van der Waals surface area contributed by atoms with Gasteiger partial charge in [-0.3, -0.25) is 23.7 Å². The van der Waals surface area contributed by atoms with Crippen LogP contribution in [-0.4, -0.2) is 114 Å². The molecule has 0 amide bonds. The molecule has 0 heterocycles. The Morgan fingerprint density at radius 1 is 0.267 bits per heavy atom. The second-order valence-electron chi connectivity index (χ2n) is 9.94. The average molecular weight is 994 g/mol. The summed E-state index contributed by atoms with van der Waals surface area (Å²) >= 11 is 0. The quantitative estimate of drug-likeness (QED) is 0.154. The monoisotopic (exact) mass is 994 g/mol. The maximum atomic E-state index is 14.6. The van der Waals surface area contributed by atoms with Crippen LogP contribution >= 0.6 is 0 Å². The zero-order chi connectivity index (χ0) is 49.6. The number of carboxylic acid groups (broad SMARTS) is 1. The largest absolute Gasteiger partial charge is 0.477 e. The molecule has 5 atom stereocenters. The van der Waals surface area contributed by atoms with Crippen LogP contribution in [0.5, 0.6) is 0 Å². The molecule has 360 valence electrons. The number of halogens is 35. The third-order valence-electron chi connectivity index (χ3n) is 5.66. The van der Waals surface area contributed by atoms with Crippen LogP contribution in [0.4, 0.5) is 154 Å². The molecule has 0 rings (SSSR count). The molecule has 0 spiro atoms. The number of carbonyl (C=O) groups is 1. The average Bonchev–Trinajstić information content (AvgIpc) is 2.91. The lowest BCUT2D eigenvalue weighted by Crippen LogP contribution is -2.73. The fourth-order valence-corrected chi connectivity index (χ4v) is 2.73. The lowest BCUT2D eigenvalue weighted by atomic mass is 10.2. The fourth-order valence-electron chi connectivity index (χ4n) is 2.73. The van der Waals surface area contributed by atoms with Gasteiger partial charge in [-0.15, -0.1) is 0 Å². The van der Waals surface area contributed by atoms with Gasteiger partial charge in [0.25, 0.3) is 0 Å². The van der Waals surface area contributed by atoms with Crippen molar-refractivity contribution in [1.29, 1.82) is 0 Å².